The zero-order valence-electron chi connectivity index (χ0n) is 10.6. The Kier molecular flexibility index (Phi) is 4.55. The fourth-order valence-corrected chi connectivity index (χ4v) is 1.93. The molecule has 0 saturated carbocycles. The summed E-state index contributed by atoms with van der Waals surface area (Å²) in [5.74, 6) is 1.53. The molecule has 4 heteroatoms. The average Bonchev–Trinajstić information content (AvgIpc) is 2.17. The van der Waals surface area contributed by atoms with Gasteiger partial charge in [0.15, 0.2) is 0 Å². The number of nitrogen functional groups attached to an aromatic ring is 1. The SMILES string of the molecule is CCN(c1cccc(N)n1)C(C)CN(C)C. The number of rotatable bonds is 5. The highest BCUT2D eigenvalue weighted by atomic mass is 15.2. The van der Waals surface area contributed by atoms with Crippen LogP contribution in [0.5, 0.6) is 0 Å². The van der Waals surface area contributed by atoms with Crippen LogP contribution in [0.25, 0.3) is 0 Å². The summed E-state index contributed by atoms with van der Waals surface area (Å²) >= 11 is 0. The second-order valence-electron chi connectivity index (χ2n) is 4.32. The summed E-state index contributed by atoms with van der Waals surface area (Å²) in [5.41, 5.74) is 5.70. The van der Waals surface area contributed by atoms with Crippen molar-refractivity contribution >= 4 is 11.6 Å². The van der Waals surface area contributed by atoms with Crippen LogP contribution in [0.15, 0.2) is 18.2 Å². The monoisotopic (exact) mass is 222 g/mol. The Morgan fingerprint density at radius 1 is 1.38 bits per heavy atom. The van der Waals surface area contributed by atoms with Crippen molar-refractivity contribution in [3.8, 4) is 0 Å². The molecule has 0 aliphatic carbocycles. The van der Waals surface area contributed by atoms with Crippen LogP contribution in [0.1, 0.15) is 13.8 Å². The van der Waals surface area contributed by atoms with Crippen molar-refractivity contribution in [2.24, 2.45) is 0 Å². The number of aromatic nitrogens is 1. The average molecular weight is 222 g/mol. The molecule has 0 aliphatic rings. The molecule has 1 rings (SSSR count). The maximum absolute atomic E-state index is 5.70. The summed E-state index contributed by atoms with van der Waals surface area (Å²) < 4.78 is 0. The molecular formula is C12H22N4. The Morgan fingerprint density at radius 2 is 2.06 bits per heavy atom. The number of anilines is 2. The van der Waals surface area contributed by atoms with Gasteiger partial charge >= 0.3 is 0 Å². The molecule has 1 unspecified atom stereocenters. The van der Waals surface area contributed by atoms with Gasteiger partial charge in [0.1, 0.15) is 11.6 Å². The molecule has 0 spiro atoms. The first kappa shape index (κ1) is 12.8. The Hall–Kier alpha value is -1.29. The third-order valence-corrected chi connectivity index (χ3v) is 2.55. The summed E-state index contributed by atoms with van der Waals surface area (Å²) in [6.07, 6.45) is 0. The van der Waals surface area contributed by atoms with Crippen LogP contribution in [-0.2, 0) is 0 Å². The number of hydrogen-bond acceptors (Lipinski definition) is 4. The second kappa shape index (κ2) is 5.70. The lowest BCUT2D eigenvalue weighted by Crippen LogP contribution is -2.40. The molecule has 1 atom stereocenters. The summed E-state index contributed by atoms with van der Waals surface area (Å²) in [6.45, 7) is 6.28. The molecule has 0 fully saturated rings. The molecule has 1 aromatic rings. The van der Waals surface area contributed by atoms with Crippen molar-refractivity contribution in [2.45, 2.75) is 19.9 Å². The first-order chi connectivity index (χ1) is 7.54. The van der Waals surface area contributed by atoms with Crippen molar-refractivity contribution in [1.29, 1.82) is 0 Å². The maximum Gasteiger partial charge on any atom is 0.131 e. The van der Waals surface area contributed by atoms with Gasteiger partial charge in [-0.05, 0) is 40.1 Å². The van der Waals surface area contributed by atoms with Gasteiger partial charge in [0.05, 0.1) is 0 Å². The van der Waals surface area contributed by atoms with Crippen LogP contribution in [0.2, 0.25) is 0 Å². The summed E-state index contributed by atoms with van der Waals surface area (Å²) in [7, 11) is 4.16. The fourth-order valence-electron chi connectivity index (χ4n) is 1.93. The smallest absolute Gasteiger partial charge is 0.131 e. The van der Waals surface area contributed by atoms with Crippen LogP contribution in [0, 0.1) is 0 Å². The predicted octanol–water partition coefficient (Wildman–Crippen LogP) is 1.44. The lowest BCUT2D eigenvalue weighted by Gasteiger charge is -2.31. The van der Waals surface area contributed by atoms with Crippen molar-refractivity contribution in [2.75, 3.05) is 37.8 Å². The van der Waals surface area contributed by atoms with Gasteiger partial charge in [-0.1, -0.05) is 6.07 Å². The summed E-state index contributed by atoms with van der Waals surface area (Å²) in [4.78, 5) is 8.80. The molecule has 4 nitrogen and oxygen atoms in total. The largest absolute Gasteiger partial charge is 0.384 e. The maximum atomic E-state index is 5.70. The third kappa shape index (κ3) is 3.38. The zero-order valence-corrected chi connectivity index (χ0v) is 10.6. The molecule has 90 valence electrons. The van der Waals surface area contributed by atoms with Gasteiger partial charge in [0.2, 0.25) is 0 Å². The normalized spacial score (nSPS) is 12.8. The van der Waals surface area contributed by atoms with E-state index in [1.165, 1.54) is 0 Å². The highest BCUT2D eigenvalue weighted by Crippen LogP contribution is 2.15. The summed E-state index contributed by atoms with van der Waals surface area (Å²) in [5, 5.41) is 0. The van der Waals surface area contributed by atoms with Gasteiger partial charge in [0, 0.05) is 19.1 Å². The minimum absolute atomic E-state index is 0.425. The van der Waals surface area contributed by atoms with Crippen LogP contribution in [0.4, 0.5) is 11.6 Å². The van der Waals surface area contributed by atoms with E-state index in [0.717, 1.165) is 18.9 Å². The number of likely N-dealkylation sites (N-methyl/N-ethyl adjacent to an activating group) is 2. The van der Waals surface area contributed by atoms with Crippen LogP contribution in [0.3, 0.4) is 0 Å². The van der Waals surface area contributed by atoms with Crippen molar-refractivity contribution in [3.63, 3.8) is 0 Å². The van der Waals surface area contributed by atoms with Crippen molar-refractivity contribution in [1.82, 2.24) is 9.88 Å². The van der Waals surface area contributed by atoms with E-state index >= 15 is 0 Å². The molecule has 0 bridgehead atoms. The van der Waals surface area contributed by atoms with Crippen LogP contribution < -0.4 is 10.6 Å². The van der Waals surface area contributed by atoms with Crippen LogP contribution in [-0.4, -0.2) is 43.1 Å². The Labute approximate surface area is 98.1 Å². The standard InChI is InChI=1S/C12H22N4/c1-5-16(10(2)9-15(3)4)12-8-6-7-11(13)14-12/h6-8,10H,5,9H2,1-4H3,(H2,13,14). The van der Waals surface area contributed by atoms with E-state index in [-0.39, 0.29) is 0 Å². The zero-order chi connectivity index (χ0) is 12.1. The molecule has 0 aliphatic heterocycles. The first-order valence-corrected chi connectivity index (χ1v) is 5.68. The lowest BCUT2D eigenvalue weighted by atomic mass is 10.2. The quantitative estimate of drug-likeness (QED) is 0.819. The van der Waals surface area contributed by atoms with Gasteiger partial charge < -0.3 is 15.5 Å². The van der Waals surface area contributed by atoms with Gasteiger partial charge in [0.25, 0.3) is 0 Å². The predicted molar refractivity (Wildman–Crippen MR) is 69.7 cm³/mol. The lowest BCUT2D eigenvalue weighted by molar-refractivity contribution is 0.372. The van der Waals surface area contributed by atoms with Crippen molar-refractivity contribution < 1.29 is 0 Å². The second-order valence-corrected chi connectivity index (χ2v) is 4.32. The topological polar surface area (TPSA) is 45.4 Å². The van der Waals surface area contributed by atoms with Gasteiger partial charge in [-0.3, -0.25) is 0 Å². The molecule has 16 heavy (non-hydrogen) atoms. The first-order valence-electron chi connectivity index (χ1n) is 5.68. The van der Waals surface area contributed by atoms with Crippen LogP contribution >= 0.6 is 0 Å². The van der Waals surface area contributed by atoms with E-state index in [1.807, 2.05) is 18.2 Å². The molecule has 2 N–H and O–H groups in total. The molecule has 1 aromatic heterocycles. The highest BCUT2D eigenvalue weighted by molar-refractivity contribution is 5.45. The van der Waals surface area contributed by atoms with E-state index in [2.05, 4.69) is 42.7 Å². The van der Waals surface area contributed by atoms with E-state index in [9.17, 15) is 0 Å². The third-order valence-electron chi connectivity index (χ3n) is 2.55. The van der Waals surface area contributed by atoms with E-state index in [1.54, 1.807) is 0 Å². The number of nitrogens with zero attached hydrogens (tertiary/aromatic N) is 3. The molecule has 0 aromatic carbocycles. The molecular weight excluding hydrogens is 200 g/mol. The fraction of sp³-hybridized carbons (Fsp3) is 0.583. The van der Waals surface area contributed by atoms with E-state index < -0.39 is 0 Å². The molecule has 1 heterocycles. The van der Waals surface area contributed by atoms with Gasteiger partial charge in [-0.25, -0.2) is 4.98 Å². The number of pyridine rings is 1. The summed E-state index contributed by atoms with van der Waals surface area (Å²) in [6, 6.07) is 6.19. The minimum atomic E-state index is 0.425. The minimum Gasteiger partial charge on any atom is -0.384 e. The highest BCUT2D eigenvalue weighted by Gasteiger charge is 2.14. The number of nitrogens with two attached hydrogens (primary N) is 1. The molecule has 0 radical (unpaired) electrons. The molecule has 0 saturated heterocycles. The Balaban J connectivity index is 2.81. The van der Waals surface area contributed by atoms with E-state index in [4.69, 9.17) is 5.73 Å². The van der Waals surface area contributed by atoms with Gasteiger partial charge in [-0.2, -0.15) is 0 Å². The number of hydrogen-bond donors (Lipinski definition) is 1. The van der Waals surface area contributed by atoms with Gasteiger partial charge in [-0.15, -0.1) is 0 Å². The Morgan fingerprint density at radius 3 is 2.56 bits per heavy atom. The van der Waals surface area contributed by atoms with E-state index in [0.29, 0.717) is 11.9 Å². The van der Waals surface area contributed by atoms with Crippen molar-refractivity contribution in [3.05, 3.63) is 18.2 Å². The Bertz CT molecular complexity index is 325. The molecule has 0 amide bonds.